The molecule has 0 aliphatic rings. The molecule has 4 heteroatoms. The number of benzene rings is 2. The van der Waals surface area contributed by atoms with Gasteiger partial charge in [-0.05, 0) is 42.3 Å². The number of hydrogen-bond acceptors (Lipinski definition) is 2. The highest BCUT2D eigenvalue weighted by Gasteiger charge is 2.13. The molecule has 2 rings (SSSR count). The first-order chi connectivity index (χ1) is 11.2. The van der Waals surface area contributed by atoms with Crippen LogP contribution in [0.15, 0.2) is 48.5 Å². The van der Waals surface area contributed by atoms with Crippen molar-refractivity contribution in [3.8, 4) is 11.1 Å². The van der Waals surface area contributed by atoms with Gasteiger partial charge in [0.2, 0.25) is 0 Å². The van der Waals surface area contributed by atoms with Gasteiger partial charge in [-0.2, -0.15) is 0 Å². The Morgan fingerprint density at radius 2 is 1.74 bits per heavy atom. The standard InChI is InChI=1S/C19H24N2O2/c1-3-21(4-2)14-13-17-16(15-9-6-5-7-10-15)11-8-12-18(17)20-19(22)23/h5-12,20H,3-4,13-14H2,1-2H3,(H,22,23). The summed E-state index contributed by atoms with van der Waals surface area (Å²) < 4.78 is 0. The van der Waals surface area contributed by atoms with Crippen molar-refractivity contribution in [1.29, 1.82) is 0 Å². The summed E-state index contributed by atoms with van der Waals surface area (Å²) in [7, 11) is 0. The van der Waals surface area contributed by atoms with Gasteiger partial charge in [-0.1, -0.05) is 56.3 Å². The Morgan fingerprint density at radius 3 is 2.35 bits per heavy atom. The zero-order valence-corrected chi connectivity index (χ0v) is 13.7. The predicted octanol–water partition coefficient (Wildman–Crippen LogP) is 4.33. The lowest BCUT2D eigenvalue weighted by atomic mass is 9.96. The van der Waals surface area contributed by atoms with Crippen molar-refractivity contribution >= 4 is 11.8 Å². The van der Waals surface area contributed by atoms with Crippen LogP contribution in [-0.4, -0.2) is 35.7 Å². The molecule has 2 aromatic rings. The van der Waals surface area contributed by atoms with Crippen LogP contribution < -0.4 is 5.32 Å². The topological polar surface area (TPSA) is 52.6 Å². The van der Waals surface area contributed by atoms with E-state index in [4.69, 9.17) is 5.11 Å². The molecule has 2 aromatic carbocycles. The molecule has 0 unspecified atom stereocenters. The third-order valence-electron chi connectivity index (χ3n) is 4.07. The largest absolute Gasteiger partial charge is 0.465 e. The monoisotopic (exact) mass is 312 g/mol. The maximum atomic E-state index is 11.1. The normalized spacial score (nSPS) is 10.7. The Morgan fingerprint density at radius 1 is 1.04 bits per heavy atom. The van der Waals surface area contributed by atoms with Gasteiger partial charge in [0.05, 0.1) is 0 Å². The molecule has 0 aliphatic heterocycles. The summed E-state index contributed by atoms with van der Waals surface area (Å²) in [6, 6.07) is 15.9. The summed E-state index contributed by atoms with van der Waals surface area (Å²) in [4.78, 5) is 13.4. The van der Waals surface area contributed by atoms with Gasteiger partial charge in [0.25, 0.3) is 0 Å². The average Bonchev–Trinajstić information content (AvgIpc) is 2.57. The lowest BCUT2D eigenvalue weighted by Crippen LogP contribution is -2.26. The van der Waals surface area contributed by atoms with Crippen molar-refractivity contribution in [2.24, 2.45) is 0 Å². The van der Waals surface area contributed by atoms with Gasteiger partial charge in [-0.3, -0.25) is 5.32 Å². The Kier molecular flexibility index (Phi) is 6.18. The van der Waals surface area contributed by atoms with E-state index in [9.17, 15) is 4.79 Å². The lowest BCUT2D eigenvalue weighted by molar-refractivity contribution is 0.209. The van der Waals surface area contributed by atoms with Crippen molar-refractivity contribution in [3.63, 3.8) is 0 Å². The number of likely N-dealkylation sites (N-methyl/N-ethyl adjacent to an activating group) is 1. The minimum Gasteiger partial charge on any atom is -0.465 e. The fraction of sp³-hybridized carbons (Fsp3) is 0.316. The molecule has 0 fully saturated rings. The van der Waals surface area contributed by atoms with Crippen LogP contribution in [0.1, 0.15) is 19.4 Å². The number of carboxylic acid groups (broad SMARTS) is 1. The van der Waals surface area contributed by atoms with Gasteiger partial charge in [-0.15, -0.1) is 0 Å². The quantitative estimate of drug-likeness (QED) is 0.800. The smallest absolute Gasteiger partial charge is 0.409 e. The molecule has 0 bridgehead atoms. The number of carbonyl (C=O) groups is 1. The Bertz CT molecular complexity index is 637. The van der Waals surface area contributed by atoms with Crippen LogP contribution in [0.4, 0.5) is 10.5 Å². The van der Waals surface area contributed by atoms with Crippen LogP contribution in [0.5, 0.6) is 0 Å². The van der Waals surface area contributed by atoms with Gasteiger partial charge >= 0.3 is 6.09 Å². The van der Waals surface area contributed by atoms with Crippen LogP contribution in [0.25, 0.3) is 11.1 Å². The molecule has 0 heterocycles. The van der Waals surface area contributed by atoms with Gasteiger partial charge in [0, 0.05) is 12.2 Å². The van der Waals surface area contributed by atoms with Crippen LogP contribution in [0.3, 0.4) is 0 Å². The van der Waals surface area contributed by atoms with Crippen LogP contribution in [-0.2, 0) is 6.42 Å². The summed E-state index contributed by atoms with van der Waals surface area (Å²) >= 11 is 0. The lowest BCUT2D eigenvalue weighted by Gasteiger charge is -2.21. The van der Waals surface area contributed by atoms with Gasteiger partial charge in [0.1, 0.15) is 0 Å². The number of amides is 1. The molecule has 0 radical (unpaired) electrons. The molecular formula is C19H24N2O2. The average molecular weight is 312 g/mol. The Hall–Kier alpha value is -2.33. The number of hydrogen-bond donors (Lipinski definition) is 2. The molecule has 0 saturated heterocycles. The molecule has 122 valence electrons. The summed E-state index contributed by atoms with van der Waals surface area (Å²) in [6.07, 6.45) is -0.221. The van der Waals surface area contributed by atoms with E-state index in [2.05, 4.69) is 42.3 Å². The molecule has 23 heavy (non-hydrogen) atoms. The minimum atomic E-state index is -1.03. The number of rotatable bonds is 7. The van der Waals surface area contributed by atoms with E-state index in [1.807, 2.05) is 30.3 Å². The zero-order valence-electron chi connectivity index (χ0n) is 13.7. The maximum absolute atomic E-state index is 11.1. The fourth-order valence-electron chi connectivity index (χ4n) is 2.79. The Balaban J connectivity index is 2.39. The predicted molar refractivity (Wildman–Crippen MR) is 95.0 cm³/mol. The molecule has 1 amide bonds. The second-order valence-electron chi connectivity index (χ2n) is 5.40. The fourth-order valence-corrected chi connectivity index (χ4v) is 2.79. The summed E-state index contributed by atoms with van der Waals surface area (Å²) in [5.41, 5.74) is 3.92. The van der Waals surface area contributed by atoms with Crippen LogP contribution in [0.2, 0.25) is 0 Å². The van der Waals surface area contributed by atoms with E-state index in [0.29, 0.717) is 5.69 Å². The van der Waals surface area contributed by atoms with Crippen molar-refractivity contribution in [1.82, 2.24) is 4.90 Å². The number of nitrogens with zero attached hydrogens (tertiary/aromatic N) is 1. The summed E-state index contributed by atoms with van der Waals surface area (Å²) in [5.74, 6) is 0. The van der Waals surface area contributed by atoms with E-state index in [1.165, 1.54) is 0 Å². The molecular weight excluding hydrogens is 288 g/mol. The molecule has 2 N–H and O–H groups in total. The van der Waals surface area contributed by atoms with E-state index < -0.39 is 6.09 Å². The number of nitrogens with one attached hydrogen (secondary N) is 1. The van der Waals surface area contributed by atoms with E-state index >= 15 is 0 Å². The SMILES string of the molecule is CCN(CC)CCc1c(NC(=O)O)cccc1-c1ccccc1. The minimum absolute atomic E-state index is 0.672. The zero-order chi connectivity index (χ0) is 16.7. The summed E-state index contributed by atoms with van der Waals surface area (Å²) in [5, 5.41) is 11.6. The van der Waals surface area contributed by atoms with Crippen molar-refractivity contribution < 1.29 is 9.90 Å². The first kappa shape index (κ1) is 17.0. The molecule has 0 atom stereocenters. The first-order valence-electron chi connectivity index (χ1n) is 8.05. The van der Waals surface area contributed by atoms with Gasteiger partial charge < -0.3 is 10.0 Å². The van der Waals surface area contributed by atoms with Crippen molar-refractivity contribution in [2.45, 2.75) is 20.3 Å². The van der Waals surface area contributed by atoms with Gasteiger partial charge in [-0.25, -0.2) is 4.79 Å². The Labute approximate surface area is 137 Å². The van der Waals surface area contributed by atoms with Crippen molar-refractivity contribution in [3.05, 3.63) is 54.1 Å². The summed E-state index contributed by atoms with van der Waals surface area (Å²) in [6.45, 7) is 7.18. The molecule has 0 spiro atoms. The van der Waals surface area contributed by atoms with E-state index in [0.717, 1.165) is 42.7 Å². The second-order valence-corrected chi connectivity index (χ2v) is 5.40. The molecule has 0 saturated carbocycles. The highest BCUT2D eigenvalue weighted by molar-refractivity contribution is 5.87. The molecule has 0 aliphatic carbocycles. The first-order valence-corrected chi connectivity index (χ1v) is 8.05. The van der Waals surface area contributed by atoms with E-state index in [1.54, 1.807) is 0 Å². The third kappa shape index (κ3) is 4.57. The van der Waals surface area contributed by atoms with Crippen LogP contribution in [0, 0.1) is 0 Å². The van der Waals surface area contributed by atoms with Crippen molar-refractivity contribution in [2.75, 3.05) is 25.0 Å². The highest BCUT2D eigenvalue weighted by Crippen LogP contribution is 2.30. The number of anilines is 1. The maximum Gasteiger partial charge on any atom is 0.409 e. The van der Waals surface area contributed by atoms with Crippen LogP contribution >= 0.6 is 0 Å². The molecule has 0 aromatic heterocycles. The van der Waals surface area contributed by atoms with E-state index in [-0.39, 0.29) is 0 Å². The molecule has 4 nitrogen and oxygen atoms in total. The second kappa shape index (κ2) is 8.34. The van der Waals surface area contributed by atoms with Gasteiger partial charge in [0.15, 0.2) is 0 Å². The highest BCUT2D eigenvalue weighted by atomic mass is 16.4. The third-order valence-corrected chi connectivity index (χ3v) is 4.07.